The number of nitrogens with zero attached hydrogens (tertiary/aromatic N) is 2. The molecule has 0 aliphatic heterocycles. The van der Waals surface area contributed by atoms with Crippen LogP contribution in [0.5, 0.6) is 0 Å². The zero-order valence-electron chi connectivity index (χ0n) is 11.9. The molecule has 2 aromatic heterocycles. The molecule has 0 bridgehead atoms. The second-order valence-electron chi connectivity index (χ2n) is 4.95. The summed E-state index contributed by atoms with van der Waals surface area (Å²) < 4.78 is 41.2. The monoisotopic (exact) mass is 353 g/mol. The summed E-state index contributed by atoms with van der Waals surface area (Å²) in [5.41, 5.74) is 1.49. The topological polar surface area (TPSA) is 63.5 Å². The van der Waals surface area contributed by atoms with Crippen LogP contribution in [0.4, 0.5) is 4.39 Å². The minimum atomic E-state index is -3.66. The van der Waals surface area contributed by atoms with Gasteiger partial charge in [0.1, 0.15) is 11.5 Å². The molecule has 0 aliphatic carbocycles. The van der Waals surface area contributed by atoms with Gasteiger partial charge in [-0.2, -0.15) is 0 Å². The first-order chi connectivity index (χ1) is 10.9. The fourth-order valence-electron chi connectivity index (χ4n) is 2.15. The predicted octanol–water partition coefficient (Wildman–Crippen LogP) is 2.65. The quantitative estimate of drug-likeness (QED) is 0.767. The summed E-state index contributed by atoms with van der Waals surface area (Å²) in [5.74, 6) is -0.479. The van der Waals surface area contributed by atoms with Crippen LogP contribution < -0.4 is 4.72 Å². The highest BCUT2D eigenvalue weighted by molar-refractivity contribution is 7.89. The van der Waals surface area contributed by atoms with Crippen molar-refractivity contribution in [1.29, 1.82) is 0 Å². The van der Waals surface area contributed by atoms with Gasteiger partial charge in [0.15, 0.2) is 0 Å². The Labute approximate surface area is 137 Å². The van der Waals surface area contributed by atoms with Crippen molar-refractivity contribution in [2.24, 2.45) is 0 Å². The Morgan fingerprint density at radius 3 is 2.61 bits per heavy atom. The summed E-state index contributed by atoms with van der Waals surface area (Å²) in [4.78, 5) is 4.41. The molecule has 120 valence electrons. The van der Waals surface area contributed by atoms with E-state index in [1.807, 2.05) is 0 Å². The average molecular weight is 354 g/mol. The van der Waals surface area contributed by atoms with Gasteiger partial charge in [-0.3, -0.25) is 0 Å². The zero-order chi connectivity index (χ0) is 16.4. The van der Waals surface area contributed by atoms with Crippen LogP contribution in [0.15, 0.2) is 53.7 Å². The number of hydrogen-bond acceptors (Lipinski definition) is 3. The SMILES string of the molecule is O=S(=O)(NCCc1cn2cc(Cl)ccc2n1)c1ccc(F)cc1. The van der Waals surface area contributed by atoms with Gasteiger partial charge in [0.25, 0.3) is 0 Å². The molecule has 0 spiro atoms. The van der Waals surface area contributed by atoms with Gasteiger partial charge in [-0.05, 0) is 36.4 Å². The van der Waals surface area contributed by atoms with Gasteiger partial charge in [0.05, 0.1) is 15.6 Å². The van der Waals surface area contributed by atoms with Crippen LogP contribution >= 0.6 is 11.6 Å². The van der Waals surface area contributed by atoms with E-state index in [0.717, 1.165) is 23.5 Å². The van der Waals surface area contributed by atoms with E-state index in [4.69, 9.17) is 11.6 Å². The number of imidazole rings is 1. The summed E-state index contributed by atoms with van der Waals surface area (Å²) in [6.07, 6.45) is 3.96. The highest BCUT2D eigenvalue weighted by atomic mass is 35.5. The normalized spacial score (nSPS) is 11.9. The number of rotatable bonds is 5. The molecule has 23 heavy (non-hydrogen) atoms. The molecule has 0 unspecified atom stereocenters. The Kier molecular flexibility index (Phi) is 4.34. The van der Waals surface area contributed by atoms with Crippen LogP contribution in [0.2, 0.25) is 5.02 Å². The Bertz CT molecular complexity index is 939. The number of aromatic nitrogens is 2. The third-order valence-electron chi connectivity index (χ3n) is 3.26. The van der Waals surface area contributed by atoms with Gasteiger partial charge in [0.2, 0.25) is 10.0 Å². The fraction of sp³-hybridized carbons (Fsp3) is 0.133. The Balaban J connectivity index is 1.66. The van der Waals surface area contributed by atoms with Crippen LogP contribution in [0.25, 0.3) is 5.65 Å². The minimum absolute atomic E-state index is 0.0284. The highest BCUT2D eigenvalue weighted by Gasteiger charge is 2.13. The molecule has 5 nitrogen and oxygen atoms in total. The van der Waals surface area contributed by atoms with Crippen LogP contribution in [-0.4, -0.2) is 24.3 Å². The summed E-state index contributed by atoms with van der Waals surface area (Å²) in [6.45, 7) is 0.192. The van der Waals surface area contributed by atoms with Gasteiger partial charge in [0, 0.05) is 25.4 Å². The Hall–Kier alpha value is -1.96. The summed E-state index contributed by atoms with van der Waals surface area (Å²) in [6, 6.07) is 8.20. The van der Waals surface area contributed by atoms with Crippen molar-refractivity contribution in [2.75, 3.05) is 6.54 Å². The van der Waals surface area contributed by atoms with Crippen molar-refractivity contribution in [2.45, 2.75) is 11.3 Å². The molecule has 3 aromatic rings. The molecule has 0 fully saturated rings. The van der Waals surface area contributed by atoms with E-state index in [1.54, 1.807) is 28.9 Å². The number of benzene rings is 1. The lowest BCUT2D eigenvalue weighted by Gasteiger charge is -2.05. The second kappa shape index (κ2) is 6.27. The van der Waals surface area contributed by atoms with Crippen molar-refractivity contribution in [1.82, 2.24) is 14.1 Å². The molecular formula is C15H13ClFN3O2S. The lowest BCUT2D eigenvalue weighted by molar-refractivity contribution is 0.580. The summed E-state index contributed by atoms with van der Waals surface area (Å²) in [5, 5.41) is 0.596. The number of sulfonamides is 1. The van der Waals surface area contributed by atoms with Crippen molar-refractivity contribution in [3.8, 4) is 0 Å². The van der Waals surface area contributed by atoms with E-state index in [9.17, 15) is 12.8 Å². The van der Waals surface area contributed by atoms with E-state index in [-0.39, 0.29) is 11.4 Å². The lowest BCUT2D eigenvalue weighted by atomic mass is 10.3. The van der Waals surface area contributed by atoms with Crippen LogP contribution in [0.3, 0.4) is 0 Å². The van der Waals surface area contributed by atoms with Gasteiger partial charge in [-0.15, -0.1) is 0 Å². The van der Waals surface area contributed by atoms with E-state index in [0.29, 0.717) is 11.4 Å². The second-order valence-corrected chi connectivity index (χ2v) is 7.15. The molecule has 0 saturated carbocycles. The largest absolute Gasteiger partial charge is 0.305 e. The Morgan fingerprint density at radius 2 is 1.87 bits per heavy atom. The summed E-state index contributed by atoms with van der Waals surface area (Å²) in [7, 11) is -3.66. The molecule has 3 rings (SSSR count). The first-order valence-corrected chi connectivity index (χ1v) is 8.68. The molecule has 2 heterocycles. The molecule has 1 N–H and O–H groups in total. The standard InChI is InChI=1S/C15H13ClFN3O2S/c16-11-1-6-15-19-13(10-20(15)9-11)7-8-18-23(21,22)14-4-2-12(17)3-5-14/h1-6,9-10,18H,7-8H2. The molecule has 0 amide bonds. The molecule has 0 saturated heterocycles. The molecule has 8 heteroatoms. The first-order valence-electron chi connectivity index (χ1n) is 6.82. The molecule has 1 aromatic carbocycles. The molecule has 0 atom stereocenters. The molecule has 0 aliphatic rings. The van der Waals surface area contributed by atoms with Crippen molar-refractivity contribution < 1.29 is 12.8 Å². The minimum Gasteiger partial charge on any atom is -0.305 e. The lowest BCUT2D eigenvalue weighted by Crippen LogP contribution is -2.26. The van der Waals surface area contributed by atoms with Crippen LogP contribution in [0.1, 0.15) is 5.69 Å². The fourth-order valence-corrected chi connectivity index (χ4v) is 3.35. The number of halogens is 2. The van der Waals surface area contributed by atoms with Crippen molar-refractivity contribution in [3.05, 3.63) is 65.3 Å². The van der Waals surface area contributed by atoms with Crippen molar-refractivity contribution >= 4 is 27.3 Å². The van der Waals surface area contributed by atoms with E-state index in [2.05, 4.69) is 9.71 Å². The number of fused-ring (bicyclic) bond motifs is 1. The zero-order valence-corrected chi connectivity index (χ0v) is 13.5. The average Bonchev–Trinajstić information content (AvgIpc) is 2.89. The van der Waals surface area contributed by atoms with Gasteiger partial charge >= 0.3 is 0 Å². The van der Waals surface area contributed by atoms with E-state index < -0.39 is 15.8 Å². The smallest absolute Gasteiger partial charge is 0.240 e. The van der Waals surface area contributed by atoms with Gasteiger partial charge in [-0.1, -0.05) is 11.6 Å². The van der Waals surface area contributed by atoms with Gasteiger partial charge < -0.3 is 4.40 Å². The van der Waals surface area contributed by atoms with Crippen LogP contribution in [0, 0.1) is 5.82 Å². The van der Waals surface area contributed by atoms with Crippen LogP contribution in [-0.2, 0) is 16.4 Å². The third kappa shape index (κ3) is 3.69. The number of pyridine rings is 1. The molecule has 0 radical (unpaired) electrons. The van der Waals surface area contributed by atoms with E-state index >= 15 is 0 Å². The third-order valence-corrected chi connectivity index (χ3v) is 4.96. The first kappa shape index (κ1) is 15.9. The maximum absolute atomic E-state index is 12.8. The summed E-state index contributed by atoms with van der Waals surface area (Å²) >= 11 is 5.90. The number of hydrogen-bond donors (Lipinski definition) is 1. The van der Waals surface area contributed by atoms with E-state index in [1.165, 1.54) is 12.1 Å². The predicted molar refractivity (Wildman–Crippen MR) is 85.5 cm³/mol. The highest BCUT2D eigenvalue weighted by Crippen LogP contribution is 2.12. The maximum atomic E-state index is 12.8. The molecular weight excluding hydrogens is 341 g/mol. The number of nitrogens with one attached hydrogen (secondary N) is 1. The van der Waals surface area contributed by atoms with Gasteiger partial charge in [-0.25, -0.2) is 22.5 Å². The van der Waals surface area contributed by atoms with Crippen molar-refractivity contribution in [3.63, 3.8) is 0 Å². The Morgan fingerprint density at radius 1 is 1.13 bits per heavy atom. The maximum Gasteiger partial charge on any atom is 0.240 e.